The molecule has 5 heteroatoms. The van der Waals surface area contributed by atoms with Crippen molar-refractivity contribution in [1.29, 1.82) is 0 Å². The van der Waals surface area contributed by atoms with Crippen LogP contribution in [-0.4, -0.2) is 19.3 Å². The number of nitrogens with two attached hydrogens (primary N) is 1. The second kappa shape index (κ2) is 6.11. The van der Waals surface area contributed by atoms with Crippen molar-refractivity contribution < 1.29 is 0 Å². The molecule has 0 aliphatic carbocycles. The van der Waals surface area contributed by atoms with Gasteiger partial charge < -0.3 is 10.3 Å². The Hall–Kier alpha value is -1.78. The Kier molecular flexibility index (Phi) is 4.47. The first-order chi connectivity index (χ1) is 9.58. The van der Waals surface area contributed by atoms with Gasteiger partial charge in [0.05, 0.1) is 5.69 Å². The van der Waals surface area contributed by atoms with E-state index in [0.29, 0.717) is 0 Å². The third-order valence-corrected chi connectivity index (χ3v) is 3.56. The van der Waals surface area contributed by atoms with E-state index in [0.717, 1.165) is 60.8 Å². The molecule has 0 aliphatic heterocycles. The number of unbranched alkanes of at least 4 members (excludes halogenated alkanes) is 1. The molecule has 0 spiro atoms. The van der Waals surface area contributed by atoms with Crippen LogP contribution in [0.15, 0.2) is 6.20 Å². The number of nitrogen functional groups attached to an aromatic ring is 1. The molecular weight excluding hydrogens is 250 g/mol. The van der Waals surface area contributed by atoms with Crippen LogP contribution in [0.25, 0.3) is 11.3 Å². The number of anilines is 1. The van der Waals surface area contributed by atoms with E-state index in [9.17, 15) is 0 Å². The second-order valence-electron chi connectivity index (χ2n) is 5.32. The average molecular weight is 275 g/mol. The second-order valence-corrected chi connectivity index (χ2v) is 5.32. The Balaban J connectivity index is 2.46. The van der Waals surface area contributed by atoms with Crippen molar-refractivity contribution in [2.75, 3.05) is 5.73 Å². The van der Waals surface area contributed by atoms with Crippen molar-refractivity contribution in [1.82, 2.24) is 19.3 Å². The molecule has 2 rings (SSSR count). The van der Waals surface area contributed by atoms with Crippen LogP contribution in [0.5, 0.6) is 0 Å². The highest BCUT2D eigenvalue weighted by Gasteiger charge is 2.18. The maximum atomic E-state index is 6.35. The first kappa shape index (κ1) is 14.6. The van der Waals surface area contributed by atoms with Crippen LogP contribution in [-0.2, 0) is 20.0 Å². The fraction of sp³-hybridized carbons (Fsp3) is 0.600. The Morgan fingerprint density at radius 1 is 1.25 bits per heavy atom. The molecule has 0 saturated carbocycles. The van der Waals surface area contributed by atoms with Crippen LogP contribution in [0.2, 0.25) is 0 Å². The minimum absolute atomic E-state index is 0.776. The summed E-state index contributed by atoms with van der Waals surface area (Å²) in [5.41, 5.74) is 9.25. The molecule has 0 saturated heterocycles. The smallest absolute Gasteiger partial charge is 0.131 e. The standard InChI is InChI=1S/C15H25N5/c1-5-7-9-20-13(8-6-2)17-14(15(20)16)12-10-19(4)18-11(12)3/h10H,5-9,16H2,1-4H3. The fourth-order valence-corrected chi connectivity index (χ4v) is 2.52. The average Bonchev–Trinajstić information content (AvgIpc) is 2.88. The highest BCUT2D eigenvalue weighted by Crippen LogP contribution is 2.29. The van der Waals surface area contributed by atoms with Gasteiger partial charge in [0.2, 0.25) is 0 Å². The summed E-state index contributed by atoms with van der Waals surface area (Å²) in [6.07, 6.45) is 6.32. The lowest BCUT2D eigenvalue weighted by atomic mass is 10.2. The summed E-state index contributed by atoms with van der Waals surface area (Å²) in [7, 11) is 1.92. The summed E-state index contributed by atoms with van der Waals surface area (Å²) >= 11 is 0. The lowest BCUT2D eigenvalue weighted by molar-refractivity contribution is 0.604. The number of hydrogen-bond donors (Lipinski definition) is 1. The number of aromatic nitrogens is 4. The molecule has 0 aromatic carbocycles. The molecule has 0 bridgehead atoms. The lowest BCUT2D eigenvalue weighted by Gasteiger charge is -2.08. The lowest BCUT2D eigenvalue weighted by Crippen LogP contribution is -2.07. The van der Waals surface area contributed by atoms with Crippen LogP contribution >= 0.6 is 0 Å². The van der Waals surface area contributed by atoms with Crippen LogP contribution < -0.4 is 5.73 Å². The van der Waals surface area contributed by atoms with Gasteiger partial charge in [-0.05, 0) is 19.8 Å². The minimum atomic E-state index is 0.776. The van der Waals surface area contributed by atoms with Gasteiger partial charge in [-0.15, -0.1) is 0 Å². The molecule has 20 heavy (non-hydrogen) atoms. The molecule has 0 atom stereocenters. The molecule has 110 valence electrons. The summed E-state index contributed by atoms with van der Waals surface area (Å²) in [5.74, 6) is 1.87. The zero-order chi connectivity index (χ0) is 14.7. The van der Waals surface area contributed by atoms with Crippen molar-refractivity contribution in [3.8, 4) is 11.3 Å². The van der Waals surface area contributed by atoms with Gasteiger partial charge in [-0.2, -0.15) is 5.10 Å². The predicted octanol–water partition coefficient (Wildman–Crippen LogP) is 2.93. The van der Waals surface area contributed by atoms with Crippen LogP contribution in [0.3, 0.4) is 0 Å². The molecule has 5 nitrogen and oxygen atoms in total. The molecule has 0 unspecified atom stereocenters. The van der Waals surface area contributed by atoms with E-state index < -0.39 is 0 Å². The van der Waals surface area contributed by atoms with Crippen LogP contribution in [0.4, 0.5) is 5.82 Å². The summed E-state index contributed by atoms with van der Waals surface area (Å²) in [4.78, 5) is 4.78. The zero-order valence-corrected chi connectivity index (χ0v) is 13.0. The number of hydrogen-bond acceptors (Lipinski definition) is 3. The highest BCUT2D eigenvalue weighted by molar-refractivity contribution is 5.72. The van der Waals surface area contributed by atoms with Crippen molar-refractivity contribution in [2.24, 2.45) is 7.05 Å². The van der Waals surface area contributed by atoms with Gasteiger partial charge in [-0.25, -0.2) is 4.98 Å². The highest BCUT2D eigenvalue weighted by atomic mass is 15.3. The molecule has 2 heterocycles. The topological polar surface area (TPSA) is 61.7 Å². The molecule has 0 amide bonds. The maximum absolute atomic E-state index is 6.35. The van der Waals surface area contributed by atoms with E-state index in [1.54, 1.807) is 0 Å². The molecule has 0 fully saturated rings. The summed E-state index contributed by atoms with van der Waals surface area (Å²) in [6, 6.07) is 0. The number of rotatable bonds is 6. The van der Waals surface area contributed by atoms with Gasteiger partial charge in [-0.3, -0.25) is 4.68 Å². The monoisotopic (exact) mass is 275 g/mol. The van der Waals surface area contributed by atoms with Crippen molar-refractivity contribution in [3.63, 3.8) is 0 Å². The maximum Gasteiger partial charge on any atom is 0.131 e. The van der Waals surface area contributed by atoms with Gasteiger partial charge in [0.1, 0.15) is 17.3 Å². The largest absolute Gasteiger partial charge is 0.383 e. The zero-order valence-electron chi connectivity index (χ0n) is 13.0. The number of nitrogens with zero attached hydrogens (tertiary/aromatic N) is 4. The van der Waals surface area contributed by atoms with E-state index in [-0.39, 0.29) is 0 Å². The normalized spacial score (nSPS) is 11.2. The third kappa shape index (κ3) is 2.71. The molecule has 2 aromatic heterocycles. The van der Waals surface area contributed by atoms with E-state index in [1.165, 1.54) is 0 Å². The Morgan fingerprint density at radius 2 is 2.00 bits per heavy atom. The van der Waals surface area contributed by atoms with Gasteiger partial charge in [-0.1, -0.05) is 20.3 Å². The van der Waals surface area contributed by atoms with Crippen molar-refractivity contribution >= 4 is 5.82 Å². The van der Waals surface area contributed by atoms with Crippen LogP contribution in [0.1, 0.15) is 44.6 Å². The van der Waals surface area contributed by atoms with Crippen LogP contribution in [0, 0.1) is 6.92 Å². The van der Waals surface area contributed by atoms with E-state index in [4.69, 9.17) is 10.7 Å². The van der Waals surface area contributed by atoms with E-state index >= 15 is 0 Å². The Morgan fingerprint density at radius 3 is 2.55 bits per heavy atom. The first-order valence-corrected chi connectivity index (χ1v) is 7.43. The van der Waals surface area contributed by atoms with Crippen molar-refractivity contribution in [3.05, 3.63) is 17.7 Å². The van der Waals surface area contributed by atoms with Gasteiger partial charge in [0.15, 0.2) is 0 Å². The Bertz CT molecular complexity index is 579. The number of imidazole rings is 1. The first-order valence-electron chi connectivity index (χ1n) is 7.43. The molecule has 0 radical (unpaired) electrons. The Labute approximate surface area is 120 Å². The molecule has 2 N–H and O–H groups in total. The van der Waals surface area contributed by atoms with E-state index in [1.807, 2.05) is 24.9 Å². The van der Waals surface area contributed by atoms with Gasteiger partial charge >= 0.3 is 0 Å². The van der Waals surface area contributed by atoms with Gasteiger partial charge in [0.25, 0.3) is 0 Å². The molecular formula is C15H25N5. The third-order valence-electron chi connectivity index (χ3n) is 3.56. The predicted molar refractivity (Wildman–Crippen MR) is 82.5 cm³/mol. The summed E-state index contributed by atoms with van der Waals surface area (Å²) in [5, 5.41) is 4.39. The summed E-state index contributed by atoms with van der Waals surface area (Å²) in [6.45, 7) is 7.31. The fourth-order valence-electron chi connectivity index (χ4n) is 2.52. The molecule has 0 aliphatic rings. The summed E-state index contributed by atoms with van der Waals surface area (Å²) < 4.78 is 3.99. The number of aryl methyl sites for hydroxylation is 3. The quantitative estimate of drug-likeness (QED) is 0.881. The SMILES string of the molecule is CCCCn1c(CCC)nc(-c2cn(C)nc2C)c1N. The van der Waals surface area contributed by atoms with Crippen molar-refractivity contribution in [2.45, 2.75) is 53.0 Å². The minimum Gasteiger partial charge on any atom is -0.383 e. The molecule has 2 aromatic rings. The van der Waals surface area contributed by atoms with Gasteiger partial charge in [0, 0.05) is 31.8 Å². The van der Waals surface area contributed by atoms with E-state index in [2.05, 4.69) is 23.5 Å².